The molecule has 1 unspecified atom stereocenters. The van der Waals surface area contributed by atoms with E-state index in [-0.39, 0.29) is 30.0 Å². The maximum absolute atomic E-state index is 15.7. The number of hydrogen-bond donors (Lipinski definition) is 1. The fraction of sp³-hybridized carbons (Fsp3) is 0.517. The van der Waals surface area contributed by atoms with Crippen LogP contribution in [0.15, 0.2) is 36.4 Å². The number of para-hydroxylation sites is 1. The fourth-order valence-corrected chi connectivity index (χ4v) is 5.84. The molecule has 1 saturated heterocycles. The Labute approximate surface area is 211 Å². The monoisotopic (exact) mass is 499 g/mol. The van der Waals surface area contributed by atoms with Crippen molar-refractivity contribution in [2.45, 2.75) is 64.9 Å². The van der Waals surface area contributed by atoms with Crippen molar-refractivity contribution in [1.29, 1.82) is 0 Å². The molecule has 3 aromatic rings. The molecule has 2 aromatic carbocycles. The number of aromatic amines is 1. The number of nitrogens with zero attached hydrogens (tertiary/aromatic N) is 2. The van der Waals surface area contributed by atoms with E-state index in [9.17, 15) is 4.39 Å². The Morgan fingerprint density at radius 1 is 1.11 bits per heavy atom. The van der Waals surface area contributed by atoms with E-state index >= 15 is 8.78 Å². The molecule has 7 heteroatoms. The van der Waals surface area contributed by atoms with Gasteiger partial charge in [-0.25, -0.2) is 13.2 Å². The molecule has 0 amide bonds. The van der Waals surface area contributed by atoms with Gasteiger partial charge in [0.1, 0.15) is 29.2 Å². The SMILES string of the molecule is CC(C)CN1CC(Oc2cc(F)c(C3c4[nH]c5ccccc5c4C[C@@H](C)N3CC(C)(C)F)c(F)c2)C1. The van der Waals surface area contributed by atoms with Crippen molar-refractivity contribution in [2.75, 3.05) is 26.2 Å². The third kappa shape index (κ3) is 4.88. The van der Waals surface area contributed by atoms with Crippen molar-refractivity contribution in [3.63, 3.8) is 0 Å². The summed E-state index contributed by atoms with van der Waals surface area (Å²) in [7, 11) is 0. The van der Waals surface area contributed by atoms with Crippen molar-refractivity contribution in [1.82, 2.24) is 14.8 Å². The van der Waals surface area contributed by atoms with Crippen molar-refractivity contribution in [2.24, 2.45) is 5.92 Å². The van der Waals surface area contributed by atoms with Crippen LogP contribution < -0.4 is 4.74 Å². The molecule has 0 bridgehead atoms. The molecule has 1 aromatic heterocycles. The molecule has 1 N–H and O–H groups in total. The Kier molecular flexibility index (Phi) is 6.58. The second-order valence-corrected chi connectivity index (χ2v) is 11.6. The van der Waals surface area contributed by atoms with Gasteiger partial charge in [-0.15, -0.1) is 0 Å². The van der Waals surface area contributed by atoms with Gasteiger partial charge in [-0.05, 0) is 44.7 Å². The predicted molar refractivity (Wildman–Crippen MR) is 137 cm³/mol. The van der Waals surface area contributed by atoms with Gasteiger partial charge in [0.15, 0.2) is 0 Å². The van der Waals surface area contributed by atoms with Crippen LogP contribution in [0.5, 0.6) is 5.75 Å². The van der Waals surface area contributed by atoms with E-state index < -0.39 is 23.3 Å². The number of nitrogens with one attached hydrogen (secondary N) is 1. The number of ether oxygens (including phenoxy) is 1. The van der Waals surface area contributed by atoms with Gasteiger partial charge in [-0.3, -0.25) is 9.80 Å². The average Bonchev–Trinajstić information content (AvgIpc) is 3.10. The number of alkyl halides is 1. The molecular weight excluding hydrogens is 463 g/mol. The highest BCUT2D eigenvalue weighted by Gasteiger charge is 2.41. The Balaban J connectivity index is 1.51. The third-order valence-electron chi connectivity index (χ3n) is 7.25. The van der Waals surface area contributed by atoms with E-state index in [0.717, 1.165) is 41.8 Å². The summed E-state index contributed by atoms with van der Waals surface area (Å²) in [6, 6.07) is 9.56. The standard InChI is InChI=1S/C29H36F3N3O/c1-17(2)13-34-14-20(15-34)36-19-11-23(30)26(24(31)12-19)28-27-22(21-8-6-7-9-25(21)33-27)10-18(3)35(28)16-29(4,5)32/h6-9,11-12,17-18,20,28,33H,10,13-16H2,1-5H3/t18-,28?/m1/s1. The lowest BCUT2D eigenvalue weighted by Gasteiger charge is -2.43. The summed E-state index contributed by atoms with van der Waals surface area (Å²) in [5.74, 6) is -0.590. The molecule has 3 heterocycles. The summed E-state index contributed by atoms with van der Waals surface area (Å²) >= 11 is 0. The van der Waals surface area contributed by atoms with Gasteiger partial charge in [-0.2, -0.15) is 0 Å². The quantitative estimate of drug-likeness (QED) is 0.417. The molecule has 2 aliphatic rings. The maximum Gasteiger partial charge on any atom is 0.135 e. The molecule has 2 aliphatic heterocycles. The molecule has 0 radical (unpaired) electrons. The van der Waals surface area contributed by atoms with Crippen LogP contribution in [0, 0.1) is 17.6 Å². The highest BCUT2D eigenvalue weighted by Crippen LogP contribution is 2.43. The number of H-pyrrole nitrogens is 1. The zero-order valence-electron chi connectivity index (χ0n) is 21.7. The number of hydrogen-bond acceptors (Lipinski definition) is 3. The first-order valence-corrected chi connectivity index (χ1v) is 12.9. The fourth-order valence-electron chi connectivity index (χ4n) is 5.84. The first kappa shape index (κ1) is 25.2. The van der Waals surface area contributed by atoms with E-state index in [1.807, 2.05) is 36.1 Å². The van der Waals surface area contributed by atoms with Crippen LogP contribution in [0.3, 0.4) is 0 Å². The first-order chi connectivity index (χ1) is 17.0. The van der Waals surface area contributed by atoms with Crippen molar-refractivity contribution in [3.8, 4) is 5.75 Å². The van der Waals surface area contributed by atoms with Crippen LogP contribution in [0.4, 0.5) is 13.2 Å². The summed E-state index contributed by atoms with van der Waals surface area (Å²) in [6.45, 7) is 11.9. The number of fused-ring (bicyclic) bond motifs is 3. The summed E-state index contributed by atoms with van der Waals surface area (Å²) in [5.41, 5.74) is 1.08. The van der Waals surface area contributed by atoms with Crippen LogP contribution >= 0.6 is 0 Å². The Bertz CT molecular complexity index is 1220. The predicted octanol–water partition coefficient (Wildman–Crippen LogP) is 6.25. The van der Waals surface area contributed by atoms with Crippen molar-refractivity contribution >= 4 is 10.9 Å². The topological polar surface area (TPSA) is 31.5 Å². The minimum absolute atomic E-state index is 0.0541. The van der Waals surface area contributed by atoms with E-state index in [4.69, 9.17) is 4.74 Å². The van der Waals surface area contributed by atoms with Crippen LogP contribution in [-0.2, 0) is 6.42 Å². The average molecular weight is 500 g/mol. The highest BCUT2D eigenvalue weighted by atomic mass is 19.1. The zero-order valence-corrected chi connectivity index (χ0v) is 21.7. The Hall–Kier alpha value is -2.51. The number of rotatable bonds is 7. The molecule has 1 fully saturated rings. The van der Waals surface area contributed by atoms with Gasteiger partial charge in [0, 0.05) is 66.5 Å². The van der Waals surface area contributed by atoms with Gasteiger partial charge in [0.05, 0.1) is 6.04 Å². The van der Waals surface area contributed by atoms with Crippen LogP contribution in [0.2, 0.25) is 0 Å². The maximum atomic E-state index is 15.7. The summed E-state index contributed by atoms with van der Waals surface area (Å²) in [5, 5.41) is 1.04. The second kappa shape index (κ2) is 9.42. The summed E-state index contributed by atoms with van der Waals surface area (Å²) in [4.78, 5) is 7.56. The number of benzene rings is 2. The molecule has 4 nitrogen and oxygen atoms in total. The third-order valence-corrected chi connectivity index (χ3v) is 7.25. The van der Waals surface area contributed by atoms with E-state index in [1.165, 1.54) is 26.0 Å². The molecule has 0 aliphatic carbocycles. The van der Waals surface area contributed by atoms with Gasteiger partial charge < -0.3 is 9.72 Å². The number of aromatic nitrogens is 1. The molecule has 5 rings (SSSR count). The van der Waals surface area contributed by atoms with Crippen molar-refractivity contribution < 1.29 is 17.9 Å². The minimum Gasteiger partial charge on any atom is -0.488 e. The van der Waals surface area contributed by atoms with Gasteiger partial charge >= 0.3 is 0 Å². The van der Waals surface area contributed by atoms with Crippen LogP contribution in [0.25, 0.3) is 10.9 Å². The lowest BCUT2D eigenvalue weighted by molar-refractivity contribution is 0.0126. The smallest absolute Gasteiger partial charge is 0.135 e. The summed E-state index contributed by atoms with van der Waals surface area (Å²) < 4.78 is 52.3. The molecule has 0 saturated carbocycles. The normalized spacial score (nSPS) is 21.7. The number of likely N-dealkylation sites (tertiary alicyclic amines) is 1. The first-order valence-electron chi connectivity index (χ1n) is 12.9. The number of halogens is 3. The van der Waals surface area contributed by atoms with Crippen molar-refractivity contribution in [3.05, 3.63) is 64.9 Å². The largest absolute Gasteiger partial charge is 0.488 e. The van der Waals surface area contributed by atoms with E-state index in [0.29, 0.717) is 12.3 Å². The Morgan fingerprint density at radius 3 is 2.42 bits per heavy atom. The second-order valence-electron chi connectivity index (χ2n) is 11.6. The minimum atomic E-state index is -1.53. The Morgan fingerprint density at radius 2 is 1.78 bits per heavy atom. The molecule has 194 valence electrons. The van der Waals surface area contributed by atoms with E-state index in [1.54, 1.807) is 0 Å². The molecule has 36 heavy (non-hydrogen) atoms. The highest BCUT2D eigenvalue weighted by molar-refractivity contribution is 5.85. The lowest BCUT2D eigenvalue weighted by atomic mass is 9.87. The van der Waals surface area contributed by atoms with Crippen LogP contribution in [0.1, 0.15) is 57.5 Å². The molecule has 2 atom stereocenters. The van der Waals surface area contributed by atoms with Gasteiger partial charge in [0.2, 0.25) is 0 Å². The summed E-state index contributed by atoms with van der Waals surface area (Å²) in [6.07, 6.45) is 0.595. The lowest BCUT2D eigenvalue weighted by Crippen LogP contribution is -2.54. The molecule has 0 spiro atoms. The van der Waals surface area contributed by atoms with Gasteiger partial charge in [-0.1, -0.05) is 32.0 Å². The van der Waals surface area contributed by atoms with Crippen LogP contribution in [-0.4, -0.2) is 58.8 Å². The zero-order chi connectivity index (χ0) is 25.8. The van der Waals surface area contributed by atoms with E-state index in [2.05, 4.69) is 23.7 Å². The molecular formula is C29H36F3N3O. The van der Waals surface area contributed by atoms with Gasteiger partial charge in [0.25, 0.3) is 0 Å².